The molecule has 0 saturated carbocycles. The van der Waals surface area contributed by atoms with E-state index in [1.165, 1.54) is 77.6 Å². The zero-order valence-electron chi connectivity index (χ0n) is 32.9. The Hall–Kier alpha value is -7.62. The fraction of sp³-hybridized carbons (Fsp3) is 0.0357. The smallest absolute Gasteiger partial charge is 0.0714 e. The first-order valence-electron chi connectivity index (χ1n) is 20.2. The van der Waals surface area contributed by atoms with E-state index in [-0.39, 0.29) is 0 Å². The van der Waals surface area contributed by atoms with Crippen LogP contribution in [0.25, 0.3) is 49.7 Å². The molecule has 0 spiro atoms. The lowest BCUT2D eigenvalue weighted by molar-refractivity contribution is 0.769. The van der Waals surface area contributed by atoms with Crippen LogP contribution in [0.15, 0.2) is 224 Å². The highest BCUT2D eigenvalue weighted by atomic mass is 15.0. The molecule has 1 aromatic heterocycles. The van der Waals surface area contributed by atoms with Gasteiger partial charge in [-0.1, -0.05) is 181 Å². The van der Waals surface area contributed by atoms with E-state index in [0.717, 1.165) is 17.1 Å². The third-order valence-electron chi connectivity index (χ3n) is 11.7. The Kier molecular flexibility index (Phi) is 9.12. The number of hydrogen-bond donors (Lipinski definition) is 2. The van der Waals surface area contributed by atoms with E-state index in [9.17, 15) is 0 Å². The Morgan fingerprint density at radius 3 is 1.73 bits per heavy atom. The van der Waals surface area contributed by atoms with Gasteiger partial charge < -0.3 is 15.6 Å². The third-order valence-corrected chi connectivity index (χ3v) is 11.7. The van der Waals surface area contributed by atoms with Gasteiger partial charge in [-0.2, -0.15) is 0 Å². The number of nitrogens with zero attached hydrogens (tertiary/aromatic N) is 1. The Labute approximate surface area is 345 Å². The fourth-order valence-electron chi connectivity index (χ4n) is 9.17. The maximum absolute atomic E-state index is 5.81. The molecule has 1 heterocycles. The predicted octanol–water partition coefficient (Wildman–Crippen LogP) is 14.1. The summed E-state index contributed by atoms with van der Waals surface area (Å²) in [6.07, 6.45) is 0. The highest BCUT2D eigenvalue weighted by Gasteiger charge is 2.47. The molecule has 1 aliphatic carbocycles. The van der Waals surface area contributed by atoms with Gasteiger partial charge in [0.2, 0.25) is 0 Å². The number of para-hydroxylation sites is 5. The van der Waals surface area contributed by atoms with Gasteiger partial charge in [-0.15, -0.1) is 0 Å². The molecule has 10 aromatic rings. The summed E-state index contributed by atoms with van der Waals surface area (Å²) in [7, 11) is 0. The molecule has 0 saturated heterocycles. The molecular weight excluding hydrogens is 715 g/mol. The van der Waals surface area contributed by atoms with Crippen LogP contribution in [0.4, 0.5) is 17.1 Å². The van der Waals surface area contributed by atoms with Gasteiger partial charge in [0.1, 0.15) is 0 Å². The van der Waals surface area contributed by atoms with Crippen LogP contribution in [0.1, 0.15) is 27.8 Å². The van der Waals surface area contributed by atoms with E-state index >= 15 is 0 Å². The molecule has 0 bridgehead atoms. The normalized spacial score (nSPS) is 12.4. The van der Waals surface area contributed by atoms with Crippen LogP contribution in [-0.4, -0.2) is 4.57 Å². The molecule has 3 heteroatoms. The van der Waals surface area contributed by atoms with Crippen molar-refractivity contribution in [2.45, 2.75) is 12.3 Å². The number of nitrogen functional groups attached to an aromatic ring is 1. The fourth-order valence-corrected chi connectivity index (χ4v) is 9.17. The van der Waals surface area contributed by atoms with Crippen molar-refractivity contribution in [3.8, 4) is 27.9 Å². The van der Waals surface area contributed by atoms with Gasteiger partial charge in [-0.05, 0) is 94.4 Å². The van der Waals surface area contributed by atoms with E-state index in [1.807, 2.05) is 54.6 Å². The quantitative estimate of drug-likeness (QED) is 0.166. The summed E-state index contributed by atoms with van der Waals surface area (Å²) >= 11 is 0. The summed E-state index contributed by atoms with van der Waals surface area (Å²) in [5.41, 5.74) is 23.3. The number of nitrogens with two attached hydrogens (primary N) is 1. The second-order valence-electron chi connectivity index (χ2n) is 15.2. The van der Waals surface area contributed by atoms with Crippen LogP contribution < -0.4 is 11.1 Å². The molecule has 59 heavy (non-hydrogen) atoms. The van der Waals surface area contributed by atoms with Crippen LogP contribution in [0.5, 0.6) is 0 Å². The predicted molar refractivity (Wildman–Crippen MR) is 249 cm³/mol. The Balaban J connectivity index is 0.000000255. The molecule has 0 radical (unpaired) electrons. The Bertz CT molecular complexity index is 3020. The molecule has 11 rings (SSSR count). The minimum absolute atomic E-state index is 0.486. The highest BCUT2D eigenvalue weighted by molar-refractivity contribution is 6.21. The zero-order valence-corrected chi connectivity index (χ0v) is 32.9. The van der Waals surface area contributed by atoms with E-state index in [1.54, 1.807) is 0 Å². The number of anilines is 3. The van der Waals surface area contributed by atoms with Crippen LogP contribution >= 0.6 is 0 Å². The second kappa shape index (κ2) is 15.0. The molecule has 3 N–H and O–H groups in total. The van der Waals surface area contributed by atoms with Crippen LogP contribution in [0.3, 0.4) is 0 Å². The minimum atomic E-state index is -0.486. The van der Waals surface area contributed by atoms with E-state index in [4.69, 9.17) is 5.73 Å². The van der Waals surface area contributed by atoms with Gasteiger partial charge >= 0.3 is 0 Å². The summed E-state index contributed by atoms with van der Waals surface area (Å²) < 4.78 is 2.50. The molecule has 0 amide bonds. The molecule has 0 atom stereocenters. The van der Waals surface area contributed by atoms with Crippen molar-refractivity contribution in [2.24, 2.45) is 0 Å². The standard InChI is InChI=1S/C44H31N.C12H12N2/c1-30-25-27-31(28-26-30)37-29-39-42(43-41(37)36-22-12-14-24-40(36)45(43)34-19-9-4-10-20-34)35-21-11-13-23-38(35)44(39,32-15-5-2-6-16-32)33-17-7-3-8-18-33;13-11-8-4-5-9-12(11)14-10-6-2-1-3-7-10/h2-29H,1H3;1-9,14H,13H2. The zero-order chi connectivity index (χ0) is 39.8. The average Bonchev–Trinajstić information content (AvgIpc) is 3.80. The number of aryl methyl sites for hydroxylation is 1. The van der Waals surface area contributed by atoms with Gasteiger partial charge in [0, 0.05) is 27.7 Å². The van der Waals surface area contributed by atoms with E-state index in [0.29, 0.717) is 0 Å². The van der Waals surface area contributed by atoms with Crippen molar-refractivity contribution in [2.75, 3.05) is 11.1 Å². The number of hydrogen-bond acceptors (Lipinski definition) is 2. The summed E-state index contributed by atoms with van der Waals surface area (Å²) in [4.78, 5) is 0. The lowest BCUT2D eigenvalue weighted by Gasteiger charge is -2.34. The molecule has 0 fully saturated rings. The molecule has 0 aliphatic heterocycles. The number of rotatable bonds is 6. The van der Waals surface area contributed by atoms with Crippen molar-refractivity contribution >= 4 is 38.9 Å². The Morgan fingerprint density at radius 2 is 1.05 bits per heavy atom. The van der Waals surface area contributed by atoms with Gasteiger partial charge in [0.25, 0.3) is 0 Å². The minimum Gasteiger partial charge on any atom is -0.397 e. The monoisotopic (exact) mass is 757 g/mol. The number of aromatic nitrogens is 1. The topological polar surface area (TPSA) is 43.0 Å². The highest BCUT2D eigenvalue weighted by Crippen LogP contribution is 2.60. The first-order valence-corrected chi connectivity index (χ1v) is 20.2. The molecule has 282 valence electrons. The largest absolute Gasteiger partial charge is 0.397 e. The number of nitrogens with one attached hydrogen (secondary N) is 1. The second-order valence-corrected chi connectivity index (χ2v) is 15.2. The molecule has 3 nitrogen and oxygen atoms in total. The van der Waals surface area contributed by atoms with Gasteiger partial charge in [0.05, 0.1) is 27.8 Å². The van der Waals surface area contributed by atoms with Gasteiger partial charge in [0.15, 0.2) is 0 Å². The summed E-state index contributed by atoms with van der Waals surface area (Å²) in [5, 5.41) is 5.81. The molecular formula is C56H43N3. The summed E-state index contributed by atoms with van der Waals surface area (Å²) in [6, 6.07) is 80.3. The van der Waals surface area contributed by atoms with Crippen molar-refractivity contribution in [3.63, 3.8) is 0 Å². The SMILES string of the molecule is Cc1ccc(-c2cc3c(c4c2c2ccccc2n4-c2ccccc2)-c2ccccc2C3(c2ccccc2)c2ccccc2)cc1.Nc1ccccc1Nc1ccccc1. The first-order chi connectivity index (χ1) is 29.1. The third kappa shape index (κ3) is 6.07. The summed E-state index contributed by atoms with van der Waals surface area (Å²) in [5.74, 6) is 0. The summed E-state index contributed by atoms with van der Waals surface area (Å²) in [6.45, 7) is 2.16. The maximum atomic E-state index is 5.81. The average molecular weight is 758 g/mol. The van der Waals surface area contributed by atoms with Gasteiger partial charge in [-0.3, -0.25) is 0 Å². The van der Waals surface area contributed by atoms with E-state index in [2.05, 4.69) is 187 Å². The van der Waals surface area contributed by atoms with Crippen molar-refractivity contribution in [1.29, 1.82) is 0 Å². The maximum Gasteiger partial charge on any atom is 0.0714 e. The van der Waals surface area contributed by atoms with Crippen LogP contribution in [-0.2, 0) is 5.41 Å². The van der Waals surface area contributed by atoms with Crippen molar-refractivity contribution in [3.05, 3.63) is 252 Å². The molecule has 9 aromatic carbocycles. The van der Waals surface area contributed by atoms with Crippen molar-refractivity contribution < 1.29 is 0 Å². The van der Waals surface area contributed by atoms with Crippen molar-refractivity contribution in [1.82, 2.24) is 4.57 Å². The van der Waals surface area contributed by atoms with Crippen LogP contribution in [0, 0.1) is 6.92 Å². The van der Waals surface area contributed by atoms with Crippen LogP contribution in [0.2, 0.25) is 0 Å². The molecule has 1 aliphatic rings. The van der Waals surface area contributed by atoms with Gasteiger partial charge in [-0.25, -0.2) is 0 Å². The Morgan fingerprint density at radius 1 is 0.492 bits per heavy atom. The lowest BCUT2D eigenvalue weighted by Crippen LogP contribution is -2.28. The number of fused-ring (bicyclic) bond motifs is 7. The molecule has 0 unspecified atom stereocenters. The lowest BCUT2D eigenvalue weighted by atomic mass is 9.67. The number of benzene rings is 9. The van der Waals surface area contributed by atoms with E-state index < -0.39 is 5.41 Å². The first kappa shape index (κ1) is 35.8.